The van der Waals surface area contributed by atoms with E-state index in [2.05, 4.69) is 0 Å². The third-order valence-corrected chi connectivity index (χ3v) is 3.11. The van der Waals surface area contributed by atoms with Crippen LogP contribution in [0.3, 0.4) is 0 Å². The average molecular weight is 297 g/mol. The first-order valence-corrected chi connectivity index (χ1v) is 4.58. The maximum absolute atomic E-state index is 10.5. The molecule has 0 aliphatic carbocycles. The Hall–Kier alpha value is -0.360. The van der Waals surface area contributed by atoms with Crippen molar-refractivity contribution < 1.29 is 4.92 Å². The molecule has 0 aromatic heterocycles. The van der Waals surface area contributed by atoms with Crippen molar-refractivity contribution in [2.45, 2.75) is 6.92 Å². The van der Waals surface area contributed by atoms with Gasteiger partial charge in [0.15, 0.2) is 0 Å². The number of nitrogens with zero attached hydrogens (tertiary/aromatic N) is 1. The van der Waals surface area contributed by atoms with Crippen LogP contribution in [0.4, 0.5) is 5.69 Å². The normalized spacial score (nSPS) is 9.92. The highest BCUT2D eigenvalue weighted by Crippen LogP contribution is 2.31. The molecule has 0 bridgehead atoms. The van der Waals surface area contributed by atoms with Gasteiger partial charge in [-0.25, -0.2) is 0 Å². The number of hydrogen-bond acceptors (Lipinski definition) is 2. The maximum atomic E-state index is 10.5. The number of nitro groups is 1. The first-order valence-electron chi connectivity index (χ1n) is 3.13. The van der Waals surface area contributed by atoms with Crippen LogP contribution >= 0.6 is 34.2 Å². The molecule has 5 heteroatoms. The number of aryl methyl sites for hydroxylation is 1. The molecule has 0 amide bonds. The highest BCUT2D eigenvalue weighted by Gasteiger charge is 2.17. The summed E-state index contributed by atoms with van der Waals surface area (Å²) in [7, 11) is 0. The zero-order chi connectivity index (χ0) is 9.30. The molecule has 0 spiro atoms. The minimum atomic E-state index is -0.461. The van der Waals surface area contributed by atoms with Gasteiger partial charge in [-0.3, -0.25) is 10.1 Å². The highest BCUT2D eigenvalue weighted by molar-refractivity contribution is 14.1. The SMILES string of the molecule is Cc1ccc(Cl)c([N+](=O)[O-])c1I. The molecule has 1 aromatic rings. The minimum absolute atomic E-state index is 0.00253. The molecule has 1 aromatic carbocycles. The molecule has 3 nitrogen and oxygen atoms in total. The van der Waals surface area contributed by atoms with Gasteiger partial charge in [-0.05, 0) is 41.1 Å². The van der Waals surface area contributed by atoms with Crippen LogP contribution in [-0.4, -0.2) is 4.92 Å². The van der Waals surface area contributed by atoms with Crippen molar-refractivity contribution in [3.63, 3.8) is 0 Å². The summed E-state index contributed by atoms with van der Waals surface area (Å²) in [5.41, 5.74) is 0.865. The molecule has 0 aliphatic rings. The molecule has 64 valence electrons. The first kappa shape index (κ1) is 9.73. The molecule has 0 atom stereocenters. The monoisotopic (exact) mass is 297 g/mol. The van der Waals surface area contributed by atoms with Crippen LogP contribution in [0, 0.1) is 20.6 Å². The van der Waals surface area contributed by atoms with E-state index in [1.807, 2.05) is 29.5 Å². The van der Waals surface area contributed by atoms with Crippen molar-refractivity contribution in [1.82, 2.24) is 0 Å². The summed E-state index contributed by atoms with van der Waals surface area (Å²) in [6, 6.07) is 3.30. The largest absolute Gasteiger partial charge is 0.301 e. The number of rotatable bonds is 1. The van der Waals surface area contributed by atoms with Crippen LogP contribution in [0.25, 0.3) is 0 Å². The number of nitro benzene ring substituents is 1. The van der Waals surface area contributed by atoms with Gasteiger partial charge in [0.2, 0.25) is 0 Å². The molecule has 0 heterocycles. The van der Waals surface area contributed by atoms with E-state index < -0.39 is 4.92 Å². The molecule has 1 rings (SSSR count). The molecule has 0 saturated heterocycles. The summed E-state index contributed by atoms with van der Waals surface area (Å²) >= 11 is 7.57. The Kier molecular flexibility index (Phi) is 2.89. The van der Waals surface area contributed by atoms with Gasteiger partial charge in [0.1, 0.15) is 5.02 Å². The van der Waals surface area contributed by atoms with Crippen molar-refractivity contribution in [3.8, 4) is 0 Å². The van der Waals surface area contributed by atoms with Gasteiger partial charge in [0, 0.05) is 0 Å². The lowest BCUT2D eigenvalue weighted by molar-refractivity contribution is -0.385. The number of halogens is 2. The van der Waals surface area contributed by atoms with Gasteiger partial charge in [-0.2, -0.15) is 0 Å². The number of hydrogen-bond donors (Lipinski definition) is 0. The van der Waals surface area contributed by atoms with Crippen molar-refractivity contribution >= 4 is 39.9 Å². The van der Waals surface area contributed by atoms with Crippen molar-refractivity contribution in [1.29, 1.82) is 0 Å². The Morgan fingerprint density at radius 3 is 2.58 bits per heavy atom. The van der Waals surface area contributed by atoms with Crippen LogP contribution in [0.15, 0.2) is 12.1 Å². The van der Waals surface area contributed by atoms with Crippen LogP contribution in [0.5, 0.6) is 0 Å². The Labute approximate surface area is 88.0 Å². The van der Waals surface area contributed by atoms with Crippen molar-refractivity contribution in [2.24, 2.45) is 0 Å². The quantitative estimate of drug-likeness (QED) is 0.454. The van der Waals surface area contributed by atoms with Crippen molar-refractivity contribution in [2.75, 3.05) is 0 Å². The van der Waals surface area contributed by atoms with E-state index in [0.29, 0.717) is 3.57 Å². The fourth-order valence-electron chi connectivity index (χ4n) is 0.809. The molecular formula is C7H5ClINO2. The fourth-order valence-corrected chi connectivity index (χ4v) is 1.86. The van der Waals surface area contributed by atoms with E-state index in [1.165, 1.54) is 6.07 Å². The smallest absolute Gasteiger partial charge is 0.258 e. The van der Waals surface area contributed by atoms with Crippen LogP contribution in [-0.2, 0) is 0 Å². The molecule has 0 fully saturated rings. The first-order chi connectivity index (χ1) is 5.54. The van der Waals surface area contributed by atoms with Crippen LogP contribution in [0.2, 0.25) is 5.02 Å². The Morgan fingerprint density at radius 1 is 1.58 bits per heavy atom. The molecule has 0 N–H and O–H groups in total. The highest BCUT2D eigenvalue weighted by atomic mass is 127. The summed E-state index contributed by atoms with van der Waals surface area (Å²) in [6.45, 7) is 1.81. The molecule has 0 aliphatic heterocycles. The lowest BCUT2D eigenvalue weighted by Crippen LogP contribution is -1.94. The Bertz CT molecular complexity index is 340. The molecule has 0 saturated carbocycles. The molecular weight excluding hydrogens is 292 g/mol. The van der Waals surface area contributed by atoms with Gasteiger partial charge in [0.25, 0.3) is 0 Å². The van der Waals surface area contributed by atoms with E-state index in [1.54, 1.807) is 6.07 Å². The zero-order valence-electron chi connectivity index (χ0n) is 6.17. The van der Waals surface area contributed by atoms with Crippen LogP contribution in [0.1, 0.15) is 5.56 Å². The summed E-state index contributed by atoms with van der Waals surface area (Å²) < 4.78 is 0.602. The zero-order valence-corrected chi connectivity index (χ0v) is 9.09. The third kappa shape index (κ3) is 1.69. The van der Waals surface area contributed by atoms with E-state index in [0.717, 1.165) is 5.56 Å². The molecule has 0 radical (unpaired) electrons. The van der Waals surface area contributed by atoms with Gasteiger partial charge >= 0.3 is 5.69 Å². The van der Waals surface area contributed by atoms with E-state index >= 15 is 0 Å². The third-order valence-electron chi connectivity index (χ3n) is 1.44. The molecule has 12 heavy (non-hydrogen) atoms. The lowest BCUT2D eigenvalue weighted by atomic mass is 10.2. The maximum Gasteiger partial charge on any atom is 0.301 e. The predicted octanol–water partition coefficient (Wildman–Crippen LogP) is 3.16. The topological polar surface area (TPSA) is 43.1 Å². The van der Waals surface area contributed by atoms with Gasteiger partial charge in [0.05, 0.1) is 8.49 Å². The second kappa shape index (κ2) is 3.57. The summed E-state index contributed by atoms with van der Waals surface area (Å²) in [5.74, 6) is 0. The predicted molar refractivity (Wildman–Crippen MR) is 55.6 cm³/mol. The average Bonchev–Trinajstić information content (AvgIpc) is 1.97. The Balaban J connectivity index is 3.43. The minimum Gasteiger partial charge on any atom is -0.258 e. The van der Waals surface area contributed by atoms with Gasteiger partial charge in [-0.1, -0.05) is 17.7 Å². The van der Waals surface area contributed by atoms with Gasteiger partial charge < -0.3 is 0 Å². The van der Waals surface area contributed by atoms with E-state index in [-0.39, 0.29) is 10.7 Å². The molecule has 0 unspecified atom stereocenters. The summed E-state index contributed by atoms with van der Waals surface area (Å²) in [5, 5.41) is 10.7. The second-order valence-electron chi connectivity index (χ2n) is 2.28. The standard InChI is InChI=1S/C7H5ClINO2/c1-4-2-3-5(8)7(6(4)9)10(11)12/h2-3H,1H3. The second-order valence-corrected chi connectivity index (χ2v) is 3.77. The lowest BCUT2D eigenvalue weighted by Gasteiger charge is -2.00. The van der Waals surface area contributed by atoms with Crippen LogP contribution < -0.4 is 0 Å². The number of benzene rings is 1. The summed E-state index contributed by atoms with van der Waals surface area (Å²) in [4.78, 5) is 10.0. The van der Waals surface area contributed by atoms with E-state index in [4.69, 9.17) is 11.6 Å². The van der Waals surface area contributed by atoms with E-state index in [9.17, 15) is 10.1 Å². The van der Waals surface area contributed by atoms with Gasteiger partial charge in [-0.15, -0.1) is 0 Å². The Morgan fingerprint density at radius 2 is 2.17 bits per heavy atom. The fraction of sp³-hybridized carbons (Fsp3) is 0.143. The van der Waals surface area contributed by atoms with Crippen molar-refractivity contribution in [3.05, 3.63) is 36.4 Å². The summed E-state index contributed by atoms with van der Waals surface area (Å²) in [6.07, 6.45) is 0.